The van der Waals surface area contributed by atoms with Gasteiger partial charge >= 0.3 is 6.09 Å². The minimum Gasteiger partial charge on any atom is -0.444 e. The Bertz CT molecular complexity index is 1110. The first-order valence-corrected chi connectivity index (χ1v) is 10.9. The first-order valence-electron chi connectivity index (χ1n) is 9.41. The maximum atomic E-state index is 13.2. The number of benzene rings is 3. The van der Waals surface area contributed by atoms with Crippen molar-refractivity contribution in [3.63, 3.8) is 0 Å². The zero-order valence-electron chi connectivity index (χ0n) is 16.7. The zero-order chi connectivity index (χ0) is 21.6. The monoisotopic (exact) mass is 421 g/mol. The zero-order valence-corrected chi connectivity index (χ0v) is 17.5. The summed E-state index contributed by atoms with van der Waals surface area (Å²) in [6, 6.07) is 24.6. The number of carbonyl (C=O) groups excluding carboxylic acids is 1. The van der Waals surface area contributed by atoms with E-state index in [9.17, 15) is 13.2 Å². The van der Waals surface area contributed by atoms with Crippen LogP contribution in [0.5, 0.6) is 0 Å². The van der Waals surface area contributed by atoms with Gasteiger partial charge in [-0.15, -0.1) is 0 Å². The Hall–Kier alpha value is -3.38. The number of hydrogen-bond donors (Lipinski definition) is 0. The summed E-state index contributed by atoms with van der Waals surface area (Å²) in [5.74, 6) is 0. The molecule has 0 radical (unpaired) electrons. The second-order valence-electron chi connectivity index (χ2n) is 6.83. The van der Waals surface area contributed by atoms with Crippen LogP contribution < -0.4 is 0 Å². The van der Waals surface area contributed by atoms with Gasteiger partial charge in [0.2, 0.25) is 0 Å². The fraction of sp³-hybridized carbons (Fsp3) is 0.125. The van der Waals surface area contributed by atoms with E-state index in [0.717, 1.165) is 21.0 Å². The third kappa shape index (κ3) is 5.15. The summed E-state index contributed by atoms with van der Waals surface area (Å²) in [5, 5.41) is 0. The molecular weight excluding hydrogens is 398 g/mol. The Balaban J connectivity index is 1.88. The first kappa shape index (κ1) is 21.3. The lowest BCUT2D eigenvalue weighted by atomic mass is 10.1. The molecule has 3 aromatic carbocycles. The van der Waals surface area contributed by atoms with Gasteiger partial charge in [0.1, 0.15) is 6.61 Å². The maximum absolute atomic E-state index is 13.2. The molecule has 0 fully saturated rings. The summed E-state index contributed by atoms with van der Waals surface area (Å²) in [6.07, 6.45) is -0.948. The van der Waals surface area contributed by atoms with Crippen LogP contribution in [0.3, 0.4) is 0 Å². The number of ether oxygens (including phenoxy) is 1. The van der Waals surface area contributed by atoms with E-state index in [0.29, 0.717) is 5.57 Å². The highest BCUT2D eigenvalue weighted by Crippen LogP contribution is 2.22. The van der Waals surface area contributed by atoms with Gasteiger partial charge in [0.15, 0.2) is 0 Å². The van der Waals surface area contributed by atoms with Gasteiger partial charge in [-0.1, -0.05) is 84.9 Å². The van der Waals surface area contributed by atoms with Crippen LogP contribution in [0.15, 0.2) is 96.4 Å². The SMILES string of the molecule is C=C(CN(C(=O)OCc1ccccc1)S(=O)(=O)c1ccc(C)cc1)c1ccccc1. The lowest BCUT2D eigenvalue weighted by Crippen LogP contribution is -2.38. The molecule has 3 aromatic rings. The number of carbonyl (C=O) groups is 1. The Labute approximate surface area is 177 Å². The molecule has 30 heavy (non-hydrogen) atoms. The highest BCUT2D eigenvalue weighted by atomic mass is 32.2. The Morgan fingerprint density at radius 1 is 0.900 bits per heavy atom. The van der Waals surface area contributed by atoms with Crippen LogP contribution in [0.25, 0.3) is 5.57 Å². The van der Waals surface area contributed by atoms with E-state index in [4.69, 9.17) is 4.74 Å². The molecule has 3 rings (SSSR count). The number of hydrogen-bond acceptors (Lipinski definition) is 4. The summed E-state index contributed by atoms with van der Waals surface area (Å²) >= 11 is 0. The minimum atomic E-state index is -4.13. The van der Waals surface area contributed by atoms with Crippen molar-refractivity contribution in [2.45, 2.75) is 18.4 Å². The molecule has 0 saturated heterocycles. The standard InChI is InChI=1S/C24H23NO4S/c1-19-13-15-23(16-14-19)30(27,28)25(17-20(2)22-11-7-4-8-12-22)24(26)29-18-21-9-5-3-6-10-21/h3-16H,2,17-18H2,1H3. The molecule has 0 aliphatic rings. The van der Waals surface area contributed by atoms with Crippen molar-refractivity contribution in [2.75, 3.05) is 6.54 Å². The first-order chi connectivity index (χ1) is 14.4. The van der Waals surface area contributed by atoms with Gasteiger partial charge in [-0.05, 0) is 35.8 Å². The van der Waals surface area contributed by atoms with Crippen molar-refractivity contribution in [1.82, 2.24) is 4.31 Å². The molecule has 154 valence electrons. The topological polar surface area (TPSA) is 63.7 Å². The lowest BCUT2D eigenvalue weighted by molar-refractivity contribution is 0.121. The van der Waals surface area contributed by atoms with E-state index in [2.05, 4.69) is 6.58 Å². The number of sulfonamides is 1. The predicted octanol–water partition coefficient (Wildman–Crippen LogP) is 5.04. The van der Waals surface area contributed by atoms with E-state index >= 15 is 0 Å². The highest BCUT2D eigenvalue weighted by Gasteiger charge is 2.31. The normalized spacial score (nSPS) is 11.0. The van der Waals surface area contributed by atoms with Crippen molar-refractivity contribution in [3.05, 3.63) is 108 Å². The van der Waals surface area contributed by atoms with Gasteiger partial charge in [0.05, 0.1) is 11.4 Å². The molecule has 6 heteroatoms. The number of amides is 1. The molecule has 0 N–H and O–H groups in total. The number of aryl methyl sites for hydroxylation is 1. The van der Waals surface area contributed by atoms with Crippen LogP contribution in [0.4, 0.5) is 4.79 Å². The predicted molar refractivity (Wildman–Crippen MR) is 117 cm³/mol. The van der Waals surface area contributed by atoms with Crippen molar-refractivity contribution in [3.8, 4) is 0 Å². The molecule has 5 nitrogen and oxygen atoms in total. The second-order valence-corrected chi connectivity index (χ2v) is 8.70. The van der Waals surface area contributed by atoms with Crippen LogP contribution >= 0.6 is 0 Å². The molecule has 0 heterocycles. The molecule has 0 bridgehead atoms. The van der Waals surface area contributed by atoms with Gasteiger partial charge in [-0.2, -0.15) is 4.31 Å². The van der Waals surface area contributed by atoms with E-state index in [-0.39, 0.29) is 18.0 Å². The Morgan fingerprint density at radius 2 is 1.47 bits per heavy atom. The third-order valence-electron chi connectivity index (χ3n) is 4.53. The quantitative estimate of drug-likeness (QED) is 0.536. The van der Waals surface area contributed by atoms with Crippen LogP contribution in [0, 0.1) is 6.92 Å². The molecule has 0 unspecified atom stereocenters. The van der Waals surface area contributed by atoms with E-state index in [1.165, 1.54) is 12.1 Å². The van der Waals surface area contributed by atoms with Gasteiger partial charge in [-0.3, -0.25) is 0 Å². The van der Waals surface area contributed by atoms with Crippen molar-refractivity contribution >= 4 is 21.7 Å². The Kier molecular flexibility index (Phi) is 6.69. The highest BCUT2D eigenvalue weighted by molar-refractivity contribution is 7.89. The summed E-state index contributed by atoms with van der Waals surface area (Å²) in [4.78, 5) is 12.9. The van der Waals surface area contributed by atoms with Crippen LogP contribution in [-0.2, 0) is 21.4 Å². The van der Waals surface area contributed by atoms with Gasteiger partial charge < -0.3 is 4.74 Å². The fourth-order valence-corrected chi connectivity index (χ4v) is 4.12. The van der Waals surface area contributed by atoms with E-state index < -0.39 is 16.1 Å². The molecule has 0 saturated carbocycles. The van der Waals surface area contributed by atoms with E-state index in [1.807, 2.05) is 55.5 Å². The summed E-state index contributed by atoms with van der Waals surface area (Å²) < 4.78 is 32.6. The molecule has 0 spiro atoms. The van der Waals surface area contributed by atoms with Crippen LogP contribution in [0.1, 0.15) is 16.7 Å². The van der Waals surface area contributed by atoms with Gasteiger partial charge in [-0.25, -0.2) is 13.2 Å². The number of nitrogens with zero attached hydrogens (tertiary/aromatic N) is 1. The smallest absolute Gasteiger partial charge is 0.424 e. The molecule has 1 amide bonds. The Morgan fingerprint density at radius 3 is 2.07 bits per heavy atom. The van der Waals surface area contributed by atoms with Crippen molar-refractivity contribution in [2.24, 2.45) is 0 Å². The van der Waals surface area contributed by atoms with Gasteiger partial charge in [0.25, 0.3) is 10.0 Å². The average Bonchev–Trinajstić information content (AvgIpc) is 2.77. The molecule has 0 atom stereocenters. The summed E-state index contributed by atoms with van der Waals surface area (Å²) in [7, 11) is -4.13. The number of rotatable bonds is 7. The fourth-order valence-electron chi connectivity index (χ4n) is 2.81. The molecule has 0 aromatic heterocycles. The van der Waals surface area contributed by atoms with Crippen molar-refractivity contribution in [1.29, 1.82) is 0 Å². The van der Waals surface area contributed by atoms with Crippen molar-refractivity contribution < 1.29 is 17.9 Å². The summed E-state index contributed by atoms with van der Waals surface area (Å²) in [6.45, 7) is 5.59. The molecule has 0 aliphatic carbocycles. The lowest BCUT2D eigenvalue weighted by Gasteiger charge is -2.23. The molecular formula is C24H23NO4S. The molecule has 0 aliphatic heterocycles. The average molecular weight is 422 g/mol. The maximum Gasteiger partial charge on any atom is 0.424 e. The van der Waals surface area contributed by atoms with Crippen LogP contribution in [-0.4, -0.2) is 25.4 Å². The second kappa shape index (κ2) is 9.41. The van der Waals surface area contributed by atoms with Gasteiger partial charge in [0, 0.05) is 0 Å². The van der Waals surface area contributed by atoms with E-state index in [1.54, 1.807) is 24.3 Å². The third-order valence-corrected chi connectivity index (χ3v) is 6.26. The summed E-state index contributed by atoms with van der Waals surface area (Å²) in [5.41, 5.74) is 2.92. The van der Waals surface area contributed by atoms with Crippen LogP contribution in [0.2, 0.25) is 0 Å². The minimum absolute atomic E-state index is 0.0191. The largest absolute Gasteiger partial charge is 0.444 e.